The third kappa shape index (κ3) is 3.66. The quantitative estimate of drug-likeness (QED) is 0.579. The van der Waals surface area contributed by atoms with Crippen molar-refractivity contribution < 1.29 is 9.63 Å². The van der Waals surface area contributed by atoms with Gasteiger partial charge in [0.15, 0.2) is 13.9 Å². The minimum atomic E-state index is -1.86. The van der Waals surface area contributed by atoms with Crippen LogP contribution in [-0.4, -0.2) is 26.5 Å². The Morgan fingerprint density at radius 3 is 2.52 bits per heavy atom. The predicted octanol–water partition coefficient (Wildman–Crippen LogP) is 4.20. The zero-order chi connectivity index (χ0) is 17.2. The van der Waals surface area contributed by atoms with Gasteiger partial charge in [0.25, 0.3) is 5.91 Å². The van der Waals surface area contributed by atoms with Gasteiger partial charge >= 0.3 is 0 Å². The number of oxime groups is 1. The summed E-state index contributed by atoms with van der Waals surface area (Å²) in [6.45, 7) is 13.4. The molecule has 0 atom stereocenters. The summed E-state index contributed by atoms with van der Waals surface area (Å²) in [5.41, 5.74) is 3.69. The highest BCUT2D eigenvalue weighted by Crippen LogP contribution is 2.37. The van der Waals surface area contributed by atoms with E-state index in [9.17, 15) is 4.79 Å². The number of amides is 1. The molecule has 0 spiro atoms. The first-order chi connectivity index (χ1) is 10.8. The molecule has 1 heterocycles. The third-order valence-corrected chi connectivity index (χ3v) is 5.72. The van der Waals surface area contributed by atoms with E-state index >= 15 is 0 Å². The molecule has 0 aromatic heterocycles. The van der Waals surface area contributed by atoms with Gasteiger partial charge in [0, 0.05) is 11.3 Å². The summed E-state index contributed by atoms with van der Waals surface area (Å²) < 4.78 is 2.01. The van der Waals surface area contributed by atoms with Crippen LogP contribution in [-0.2, 0) is 16.1 Å². The number of aryl methyl sites for hydroxylation is 1. The predicted molar refractivity (Wildman–Crippen MR) is 98.6 cm³/mol. The standard InChI is InChI=1S/C18H28N2O2Si/c1-7-22-19-16-15-10-8-9-14(12-11-13(2)3)17(15)20(18(16)21)23(4,5)6/h8-10,13H,7,11-12H2,1-6H3/b19-16-. The summed E-state index contributed by atoms with van der Waals surface area (Å²) in [6.07, 6.45) is 2.10. The van der Waals surface area contributed by atoms with Crippen LogP contribution in [0.1, 0.15) is 38.3 Å². The SMILES string of the molecule is CCO/N=C1\C(=O)N([Si](C)(C)C)c2c(CCC(C)C)cccc21. The molecule has 1 amide bonds. The lowest BCUT2D eigenvalue weighted by atomic mass is 9.99. The number of hydrogen-bond donors (Lipinski definition) is 0. The molecule has 0 unspecified atom stereocenters. The molecule has 0 N–H and O–H groups in total. The van der Waals surface area contributed by atoms with Crippen LogP contribution in [0, 0.1) is 5.92 Å². The fourth-order valence-electron chi connectivity index (χ4n) is 2.87. The number of para-hydroxylation sites is 1. The van der Waals surface area contributed by atoms with Gasteiger partial charge in [-0.3, -0.25) is 4.79 Å². The number of fused-ring (bicyclic) bond motifs is 1. The molecule has 126 valence electrons. The molecular weight excluding hydrogens is 304 g/mol. The maximum Gasteiger partial charge on any atom is 0.273 e. The number of benzene rings is 1. The number of carbonyl (C=O) groups is 1. The van der Waals surface area contributed by atoms with Crippen molar-refractivity contribution in [1.29, 1.82) is 0 Å². The van der Waals surface area contributed by atoms with Gasteiger partial charge in [0.2, 0.25) is 0 Å². The topological polar surface area (TPSA) is 41.9 Å². The zero-order valence-electron chi connectivity index (χ0n) is 15.1. The average molecular weight is 333 g/mol. The van der Waals surface area contributed by atoms with E-state index in [-0.39, 0.29) is 5.91 Å². The van der Waals surface area contributed by atoms with Crippen molar-refractivity contribution in [3.8, 4) is 0 Å². The van der Waals surface area contributed by atoms with Crippen molar-refractivity contribution in [3.05, 3.63) is 29.3 Å². The van der Waals surface area contributed by atoms with E-state index < -0.39 is 8.24 Å². The molecule has 0 radical (unpaired) electrons. The van der Waals surface area contributed by atoms with Crippen LogP contribution in [0.15, 0.2) is 23.4 Å². The van der Waals surface area contributed by atoms with E-state index in [1.54, 1.807) is 0 Å². The van der Waals surface area contributed by atoms with Gasteiger partial charge in [-0.2, -0.15) is 0 Å². The molecule has 23 heavy (non-hydrogen) atoms. The molecule has 0 saturated carbocycles. The molecule has 1 aliphatic rings. The normalized spacial score (nSPS) is 16.4. The van der Waals surface area contributed by atoms with Crippen LogP contribution in [0.3, 0.4) is 0 Å². The van der Waals surface area contributed by atoms with Gasteiger partial charge in [0.05, 0.1) is 0 Å². The Morgan fingerprint density at radius 2 is 1.96 bits per heavy atom. The first-order valence-electron chi connectivity index (χ1n) is 8.44. The molecular formula is C18H28N2O2Si. The highest BCUT2D eigenvalue weighted by Gasteiger charge is 2.42. The molecule has 5 heteroatoms. The van der Waals surface area contributed by atoms with Crippen LogP contribution < -0.4 is 4.57 Å². The maximum atomic E-state index is 13.0. The van der Waals surface area contributed by atoms with E-state index in [1.807, 2.05) is 23.6 Å². The number of hydrogen-bond acceptors (Lipinski definition) is 3. The Morgan fingerprint density at radius 1 is 1.26 bits per heavy atom. The lowest BCUT2D eigenvalue weighted by Gasteiger charge is -2.31. The van der Waals surface area contributed by atoms with Crippen molar-refractivity contribution in [2.75, 3.05) is 11.2 Å². The zero-order valence-corrected chi connectivity index (χ0v) is 16.1. The second kappa shape index (κ2) is 6.87. The van der Waals surface area contributed by atoms with E-state index in [1.165, 1.54) is 5.56 Å². The Hall–Kier alpha value is -1.62. The fraction of sp³-hybridized carbons (Fsp3) is 0.556. The number of anilines is 1. The number of carbonyl (C=O) groups excluding carboxylic acids is 1. The van der Waals surface area contributed by atoms with Crippen LogP contribution in [0.5, 0.6) is 0 Å². The summed E-state index contributed by atoms with van der Waals surface area (Å²) in [7, 11) is -1.86. The van der Waals surface area contributed by atoms with Crippen LogP contribution in [0.4, 0.5) is 5.69 Å². The van der Waals surface area contributed by atoms with E-state index in [0.29, 0.717) is 18.2 Å². The molecule has 1 aliphatic heterocycles. The molecule has 2 rings (SSSR count). The van der Waals surface area contributed by atoms with Crippen LogP contribution in [0.25, 0.3) is 0 Å². The highest BCUT2D eigenvalue weighted by atomic mass is 28.3. The molecule has 0 saturated heterocycles. The summed E-state index contributed by atoms with van der Waals surface area (Å²) in [6, 6.07) is 6.16. The Kier molecular flexibility index (Phi) is 5.29. The second-order valence-electron chi connectivity index (χ2n) is 7.41. The van der Waals surface area contributed by atoms with Crippen molar-refractivity contribution in [2.24, 2.45) is 11.1 Å². The summed E-state index contributed by atoms with van der Waals surface area (Å²) >= 11 is 0. The van der Waals surface area contributed by atoms with Gasteiger partial charge in [-0.1, -0.05) is 56.8 Å². The third-order valence-electron chi connectivity index (χ3n) is 3.95. The van der Waals surface area contributed by atoms with E-state index in [2.05, 4.69) is 44.7 Å². The molecule has 1 aromatic carbocycles. The molecule has 4 nitrogen and oxygen atoms in total. The molecule has 0 bridgehead atoms. The Balaban J connectivity index is 2.55. The highest BCUT2D eigenvalue weighted by molar-refractivity contribution is 6.87. The molecule has 1 aromatic rings. The minimum Gasteiger partial charge on any atom is -0.395 e. The van der Waals surface area contributed by atoms with E-state index in [0.717, 1.165) is 24.1 Å². The smallest absolute Gasteiger partial charge is 0.273 e. The first-order valence-corrected chi connectivity index (χ1v) is 11.9. The fourth-order valence-corrected chi connectivity index (χ4v) is 4.52. The lowest BCUT2D eigenvalue weighted by molar-refractivity contribution is -0.111. The molecule has 0 aliphatic carbocycles. The Labute approximate surface area is 140 Å². The second-order valence-corrected chi connectivity index (χ2v) is 12.2. The largest absolute Gasteiger partial charge is 0.395 e. The van der Waals surface area contributed by atoms with Gasteiger partial charge in [-0.05, 0) is 31.2 Å². The minimum absolute atomic E-state index is 0.00962. The van der Waals surface area contributed by atoms with E-state index in [4.69, 9.17) is 4.84 Å². The summed E-state index contributed by atoms with van der Waals surface area (Å²) in [4.78, 5) is 18.2. The van der Waals surface area contributed by atoms with Crippen molar-refractivity contribution in [2.45, 2.75) is 53.3 Å². The average Bonchev–Trinajstić information content (AvgIpc) is 2.75. The maximum absolute atomic E-state index is 13.0. The van der Waals surface area contributed by atoms with Crippen molar-refractivity contribution in [3.63, 3.8) is 0 Å². The van der Waals surface area contributed by atoms with Gasteiger partial charge in [0.1, 0.15) is 6.61 Å². The van der Waals surface area contributed by atoms with Gasteiger partial charge in [-0.15, -0.1) is 0 Å². The number of rotatable bonds is 6. The Bertz CT molecular complexity index is 618. The summed E-state index contributed by atoms with van der Waals surface area (Å²) in [5.74, 6) is 0.629. The first kappa shape index (κ1) is 17.7. The summed E-state index contributed by atoms with van der Waals surface area (Å²) in [5, 5.41) is 4.11. The van der Waals surface area contributed by atoms with Gasteiger partial charge in [-0.25, -0.2) is 0 Å². The van der Waals surface area contributed by atoms with Crippen molar-refractivity contribution in [1.82, 2.24) is 0 Å². The lowest BCUT2D eigenvalue weighted by Crippen LogP contribution is -2.49. The molecule has 0 fully saturated rings. The van der Waals surface area contributed by atoms with Crippen LogP contribution in [0.2, 0.25) is 19.6 Å². The number of nitrogens with zero attached hydrogens (tertiary/aromatic N) is 2. The van der Waals surface area contributed by atoms with Crippen LogP contribution >= 0.6 is 0 Å². The monoisotopic (exact) mass is 332 g/mol. The van der Waals surface area contributed by atoms with Gasteiger partial charge < -0.3 is 9.40 Å². The van der Waals surface area contributed by atoms with Crippen molar-refractivity contribution >= 4 is 25.5 Å².